The number of anilines is 1. The van der Waals surface area contributed by atoms with Crippen molar-refractivity contribution in [3.05, 3.63) is 21.1 Å². The van der Waals surface area contributed by atoms with E-state index in [9.17, 15) is 0 Å². The fraction of sp³-hybridized carbons (Fsp3) is 0.417. The molecule has 18 heavy (non-hydrogen) atoms. The fourth-order valence-corrected chi connectivity index (χ4v) is 2.66. The SMILES string of the molecule is CCCc1nc(-c2cscn2)nc(NCC)c1Br. The van der Waals surface area contributed by atoms with Gasteiger partial charge in [-0.2, -0.15) is 0 Å². The summed E-state index contributed by atoms with van der Waals surface area (Å²) in [6, 6.07) is 0. The maximum atomic E-state index is 4.59. The van der Waals surface area contributed by atoms with Gasteiger partial charge >= 0.3 is 0 Å². The summed E-state index contributed by atoms with van der Waals surface area (Å²) in [5.41, 5.74) is 3.67. The summed E-state index contributed by atoms with van der Waals surface area (Å²) in [5.74, 6) is 1.54. The van der Waals surface area contributed by atoms with Crippen molar-refractivity contribution in [1.29, 1.82) is 0 Å². The molecule has 2 aromatic heterocycles. The fourth-order valence-electron chi connectivity index (χ4n) is 1.62. The molecule has 2 rings (SSSR count). The highest BCUT2D eigenvalue weighted by Crippen LogP contribution is 2.27. The summed E-state index contributed by atoms with van der Waals surface area (Å²) in [7, 11) is 0. The Morgan fingerprint density at radius 2 is 2.17 bits per heavy atom. The molecule has 0 fully saturated rings. The minimum absolute atomic E-state index is 0.693. The Balaban J connectivity index is 2.47. The first-order valence-corrected chi connectivity index (χ1v) is 7.68. The number of rotatable bonds is 5. The van der Waals surface area contributed by atoms with Crippen LogP contribution in [0.2, 0.25) is 0 Å². The molecule has 1 N–H and O–H groups in total. The van der Waals surface area contributed by atoms with Crippen molar-refractivity contribution < 1.29 is 0 Å². The highest BCUT2D eigenvalue weighted by Gasteiger charge is 2.13. The van der Waals surface area contributed by atoms with Gasteiger partial charge in [-0.05, 0) is 29.3 Å². The monoisotopic (exact) mass is 326 g/mol. The zero-order valence-corrected chi connectivity index (χ0v) is 12.8. The van der Waals surface area contributed by atoms with Gasteiger partial charge in [0.05, 0.1) is 15.7 Å². The van der Waals surface area contributed by atoms with Gasteiger partial charge in [-0.15, -0.1) is 11.3 Å². The standard InChI is InChI=1S/C12H15BrN4S/c1-3-5-8-10(13)12(14-4-2)17-11(16-8)9-6-18-7-15-9/h6-7H,3-5H2,1-2H3,(H,14,16,17). The summed E-state index contributed by atoms with van der Waals surface area (Å²) >= 11 is 5.13. The van der Waals surface area contributed by atoms with Crippen molar-refractivity contribution in [2.75, 3.05) is 11.9 Å². The van der Waals surface area contributed by atoms with Crippen molar-refractivity contribution in [2.45, 2.75) is 26.7 Å². The maximum Gasteiger partial charge on any atom is 0.181 e. The van der Waals surface area contributed by atoms with Crippen molar-refractivity contribution in [1.82, 2.24) is 15.0 Å². The van der Waals surface area contributed by atoms with E-state index in [0.29, 0.717) is 5.82 Å². The molecule has 2 heterocycles. The van der Waals surface area contributed by atoms with Crippen LogP contribution in [0.25, 0.3) is 11.5 Å². The molecule has 96 valence electrons. The van der Waals surface area contributed by atoms with E-state index in [1.807, 2.05) is 5.38 Å². The second-order valence-electron chi connectivity index (χ2n) is 3.81. The van der Waals surface area contributed by atoms with Gasteiger partial charge in [0, 0.05) is 11.9 Å². The average Bonchev–Trinajstić information content (AvgIpc) is 2.88. The summed E-state index contributed by atoms with van der Waals surface area (Å²) in [5, 5.41) is 5.22. The van der Waals surface area contributed by atoms with Crippen molar-refractivity contribution in [3.63, 3.8) is 0 Å². The summed E-state index contributed by atoms with van der Waals surface area (Å²) in [6.45, 7) is 5.03. The Morgan fingerprint density at radius 1 is 1.33 bits per heavy atom. The van der Waals surface area contributed by atoms with E-state index >= 15 is 0 Å². The molecule has 0 aliphatic heterocycles. The molecular formula is C12H15BrN4S. The Kier molecular flexibility index (Phi) is 4.66. The van der Waals surface area contributed by atoms with Gasteiger partial charge in [0.1, 0.15) is 11.5 Å². The predicted octanol–water partition coefficient (Wildman–Crippen LogP) is 3.75. The zero-order chi connectivity index (χ0) is 13.0. The van der Waals surface area contributed by atoms with Crippen LogP contribution in [0.1, 0.15) is 26.0 Å². The average molecular weight is 327 g/mol. The van der Waals surface area contributed by atoms with Crippen LogP contribution in [0, 0.1) is 0 Å². The molecule has 0 atom stereocenters. The quantitative estimate of drug-likeness (QED) is 0.909. The Labute approximate surface area is 119 Å². The van der Waals surface area contributed by atoms with Gasteiger partial charge in [0.2, 0.25) is 0 Å². The second kappa shape index (κ2) is 6.24. The van der Waals surface area contributed by atoms with Gasteiger partial charge in [-0.25, -0.2) is 15.0 Å². The lowest BCUT2D eigenvalue weighted by Crippen LogP contribution is -2.06. The molecule has 0 radical (unpaired) electrons. The normalized spacial score (nSPS) is 10.6. The maximum absolute atomic E-state index is 4.59. The summed E-state index contributed by atoms with van der Waals surface area (Å²) in [6.07, 6.45) is 1.98. The number of aryl methyl sites for hydroxylation is 1. The van der Waals surface area contributed by atoms with Crippen LogP contribution in [0.5, 0.6) is 0 Å². The number of nitrogens with zero attached hydrogens (tertiary/aromatic N) is 3. The lowest BCUT2D eigenvalue weighted by atomic mass is 10.2. The number of halogens is 1. The number of hydrogen-bond donors (Lipinski definition) is 1. The largest absolute Gasteiger partial charge is 0.369 e. The van der Waals surface area contributed by atoms with Crippen LogP contribution in [0.15, 0.2) is 15.4 Å². The van der Waals surface area contributed by atoms with Crippen LogP contribution in [0.4, 0.5) is 5.82 Å². The lowest BCUT2D eigenvalue weighted by molar-refractivity contribution is 0.866. The topological polar surface area (TPSA) is 50.7 Å². The van der Waals surface area contributed by atoms with Crippen molar-refractivity contribution >= 4 is 33.1 Å². The molecule has 0 bridgehead atoms. The number of nitrogens with one attached hydrogen (secondary N) is 1. The number of thiazole rings is 1. The van der Waals surface area contributed by atoms with Gasteiger partial charge in [-0.3, -0.25) is 0 Å². The first-order chi connectivity index (χ1) is 8.76. The Bertz CT molecular complexity index is 486. The predicted molar refractivity (Wildman–Crippen MR) is 79.0 cm³/mol. The van der Waals surface area contributed by atoms with Crippen LogP contribution >= 0.6 is 27.3 Å². The van der Waals surface area contributed by atoms with Crippen LogP contribution in [-0.4, -0.2) is 21.5 Å². The van der Waals surface area contributed by atoms with Gasteiger partial charge in [0.15, 0.2) is 5.82 Å². The molecule has 0 spiro atoms. The van der Waals surface area contributed by atoms with E-state index in [1.165, 1.54) is 0 Å². The van der Waals surface area contributed by atoms with E-state index in [4.69, 9.17) is 0 Å². The van der Waals surface area contributed by atoms with E-state index < -0.39 is 0 Å². The molecule has 6 heteroatoms. The zero-order valence-electron chi connectivity index (χ0n) is 10.4. The highest BCUT2D eigenvalue weighted by atomic mass is 79.9. The van der Waals surface area contributed by atoms with E-state index in [0.717, 1.165) is 41.1 Å². The van der Waals surface area contributed by atoms with Gasteiger partial charge < -0.3 is 5.32 Å². The molecule has 0 aliphatic rings. The van der Waals surface area contributed by atoms with E-state index in [-0.39, 0.29) is 0 Å². The lowest BCUT2D eigenvalue weighted by Gasteiger charge is -2.10. The molecular weight excluding hydrogens is 312 g/mol. The first kappa shape index (κ1) is 13.4. The highest BCUT2D eigenvalue weighted by molar-refractivity contribution is 9.10. The molecule has 0 saturated heterocycles. The molecule has 4 nitrogen and oxygen atoms in total. The molecule has 0 saturated carbocycles. The van der Waals surface area contributed by atoms with Gasteiger partial charge in [-0.1, -0.05) is 13.3 Å². The van der Waals surface area contributed by atoms with E-state index in [1.54, 1.807) is 16.8 Å². The summed E-state index contributed by atoms with van der Waals surface area (Å²) in [4.78, 5) is 13.4. The first-order valence-electron chi connectivity index (χ1n) is 5.95. The van der Waals surface area contributed by atoms with Gasteiger partial charge in [0.25, 0.3) is 0 Å². The number of hydrogen-bond acceptors (Lipinski definition) is 5. The third-order valence-corrected chi connectivity index (χ3v) is 3.83. The smallest absolute Gasteiger partial charge is 0.181 e. The minimum atomic E-state index is 0.693. The Hall–Kier alpha value is -1.01. The Morgan fingerprint density at radius 3 is 2.78 bits per heavy atom. The molecule has 2 aromatic rings. The molecule has 0 amide bonds. The molecule has 0 aliphatic carbocycles. The van der Waals surface area contributed by atoms with E-state index in [2.05, 4.69) is 50.0 Å². The van der Waals surface area contributed by atoms with Crippen LogP contribution in [-0.2, 0) is 6.42 Å². The third-order valence-electron chi connectivity index (χ3n) is 2.41. The third kappa shape index (κ3) is 2.87. The van der Waals surface area contributed by atoms with Crippen LogP contribution in [0.3, 0.4) is 0 Å². The van der Waals surface area contributed by atoms with Crippen molar-refractivity contribution in [3.8, 4) is 11.5 Å². The summed E-state index contributed by atoms with van der Waals surface area (Å²) < 4.78 is 0.963. The van der Waals surface area contributed by atoms with Crippen LogP contribution < -0.4 is 5.32 Å². The number of aromatic nitrogens is 3. The minimum Gasteiger partial charge on any atom is -0.369 e. The molecule has 0 unspecified atom stereocenters. The molecule has 0 aromatic carbocycles. The second-order valence-corrected chi connectivity index (χ2v) is 5.32. The van der Waals surface area contributed by atoms with Crippen molar-refractivity contribution in [2.24, 2.45) is 0 Å².